The van der Waals surface area contributed by atoms with Crippen LogP contribution in [0.4, 0.5) is 0 Å². The van der Waals surface area contributed by atoms with Crippen LogP contribution in [0.3, 0.4) is 0 Å². The molecule has 0 heterocycles. The van der Waals surface area contributed by atoms with E-state index in [-0.39, 0.29) is 6.61 Å². The van der Waals surface area contributed by atoms with E-state index in [4.69, 9.17) is 20.4 Å². The first-order chi connectivity index (χ1) is 11.4. The van der Waals surface area contributed by atoms with Gasteiger partial charge in [-0.1, -0.05) is 43.3 Å². The fraction of sp³-hybridized carbons (Fsp3) is 0.222. The number of aliphatic hydroxyl groups is 2. The van der Waals surface area contributed by atoms with Gasteiger partial charge in [-0.3, -0.25) is 0 Å². The van der Waals surface area contributed by atoms with Crippen LogP contribution in [-0.2, 0) is 0 Å². The zero-order valence-corrected chi connectivity index (χ0v) is 13.4. The van der Waals surface area contributed by atoms with Gasteiger partial charge in [0.05, 0.1) is 23.8 Å². The smallest absolute Gasteiger partial charge is 0.335 e. The largest absolute Gasteiger partial charge is 0.478 e. The van der Waals surface area contributed by atoms with Crippen molar-refractivity contribution >= 4 is 11.9 Å². The van der Waals surface area contributed by atoms with Gasteiger partial charge in [0.2, 0.25) is 0 Å². The molecule has 6 heteroatoms. The average molecular weight is 334 g/mol. The van der Waals surface area contributed by atoms with E-state index in [1.54, 1.807) is 60.7 Å². The Kier molecular flexibility index (Phi) is 11.4. The highest BCUT2D eigenvalue weighted by atomic mass is 16.4. The summed E-state index contributed by atoms with van der Waals surface area (Å²) in [6.07, 6.45) is 0.126. The third-order valence-corrected chi connectivity index (χ3v) is 2.72. The van der Waals surface area contributed by atoms with Gasteiger partial charge >= 0.3 is 11.9 Å². The number of aliphatic hydroxyl groups excluding tert-OH is 2. The number of benzene rings is 2. The second-order valence-electron chi connectivity index (χ2n) is 4.59. The molecular formula is C18H22O6. The van der Waals surface area contributed by atoms with Gasteiger partial charge in [-0.2, -0.15) is 0 Å². The predicted molar refractivity (Wildman–Crippen MR) is 90.2 cm³/mol. The van der Waals surface area contributed by atoms with E-state index < -0.39 is 18.0 Å². The van der Waals surface area contributed by atoms with Crippen molar-refractivity contribution in [1.29, 1.82) is 0 Å². The van der Waals surface area contributed by atoms with Crippen molar-refractivity contribution in [3.8, 4) is 0 Å². The Bertz CT molecular complexity index is 529. The molecule has 1 atom stereocenters. The molecule has 24 heavy (non-hydrogen) atoms. The number of hydrogen-bond donors (Lipinski definition) is 4. The highest BCUT2D eigenvalue weighted by Gasteiger charge is 1.97. The maximum Gasteiger partial charge on any atom is 0.335 e. The normalized spacial score (nSPS) is 10.3. The Hall–Kier alpha value is -2.70. The molecule has 2 rings (SSSR count). The van der Waals surface area contributed by atoms with E-state index in [2.05, 4.69) is 0 Å². The third-order valence-electron chi connectivity index (χ3n) is 2.72. The number of carboxylic acid groups (broad SMARTS) is 2. The molecule has 0 radical (unpaired) electrons. The highest BCUT2D eigenvalue weighted by Crippen LogP contribution is 1.96. The lowest BCUT2D eigenvalue weighted by Gasteiger charge is -1.97. The SMILES string of the molecule is CCC(O)CO.O=C(O)c1ccccc1.O=C(O)c1ccccc1. The monoisotopic (exact) mass is 334 g/mol. The zero-order valence-electron chi connectivity index (χ0n) is 13.4. The van der Waals surface area contributed by atoms with Gasteiger partial charge in [0.1, 0.15) is 0 Å². The molecule has 0 amide bonds. The standard InChI is InChI=1S/2C7H6O2.C4H10O2/c2*8-7(9)6-4-2-1-3-5-6;1-2-4(6)3-5/h2*1-5H,(H,8,9);4-6H,2-3H2,1H3. The molecule has 2 aromatic carbocycles. The fourth-order valence-corrected chi connectivity index (χ4v) is 1.29. The first-order valence-electron chi connectivity index (χ1n) is 7.27. The summed E-state index contributed by atoms with van der Waals surface area (Å²) in [4.78, 5) is 20.4. The number of rotatable bonds is 4. The van der Waals surface area contributed by atoms with E-state index in [1.807, 2.05) is 6.92 Å². The quantitative estimate of drug-likeness (QED) is 0.683. The van der Waals surface area contributed by atoms with Crippen LogP contribution >= 0.6 is 0 Å². The van der Waals surface area contributed by atoms with Crippen molar-refractivity contribution in [3.05, 3.63) is 71.8 Å². The van der Waals surface area contributed by atoms with Crippen molar-refractivity contribution in [2.24, 2.45) is 0 Å². The summed E-state index contributed by atoms with van der Waals surface area (Å²) in [6.45, 7) is 1.71. The van der Waals surface area contributed by atoms with Crippen LogP contribution in [0.1, 0.15) is 34.1 Å². The summed E-state index contributed by atoms with van der Waals surface area (Å²) >= 11 is 0. The van der Waals surface area contributed by atoms with Gasteiger partial charge in [0.25, 0.3) is 0 Å². The summed E-state index contributed by atoms with van der Waals surface area (Å²) < 4.78 is 0. The minimum absolute atomic E-state index is 0.115. The molecule has 6 nitrogen and oxygen atoms in total. The summed E-state index contributed by atoms with van der Waals surface area (Å²) in [5, 5.41) is 33.3. The molecule has 130 valence electrons. The Balaban J connectivity index is 0.000000340. The molecule has 0 saturated heterocycles. The molecule has 0 bridgehead atoms. The Morgan fingerprint density at radius 2 is 1.17 bits per heavy atom. The van der Waals surface area contributed by atoms with Crippen molar-refractivity contribution < 1.29 is 30.0 Å². The third kappa shape index (κ3) is 10.1. The van der Waals surface area contributed by atoms with Gasteiger partial charge in [0.15, 0.2) is 0 Å². The van der Waals surface area contributed by atoms with Gasteiger partial charge < -0.3 is 20.4 Å². The van der Waals surface area contributed by atoms with Crippen LogP contribution in [0.25, 0.3) is 0 Å². The van der Waals surface area contributed by atoms with Gasteiger partial charge in [0, 0.05) is 0 Å². The van der Waals surface area contributed by atoms with Crippen LogP contribution in [0.5, 0.6) is 0 Å². The average Bonchev–Trinajstić information content (AvgIpc) is 2.63. The first kappa shape index (κ1) is 21.3. The van der Waals surface area contributed by atoms with Crippen LogP contribution in [-0.4, -0.2) is 45.1 Å². The molecule has 1 unspecified atom stereocenters. The number of aromatic carboxylic acids is 2. The molecule has 0 saturated carbocycles. The van der Waals surface area contributed by atoms with Crippen molar-refractivity contribution in [2.75, 3.05) is 6.61 Å². The van der Waals surface area contributed by atoms with E-state index in [9.17, 15) is 9.59 Å². The van der Waals surface area contributed by atoms with Gasteiger partial charge in [-0.05, 0) is 30.7 Å². The Labute approximate surface area is 140 Å². The summed E-state index contributed by atoms with van der Waals surface area (Å²) in [6, 6.07) is 16.6. The van der Waals surface area contributed by atoms with Gasteiger partial charge in [-0.15, -0.1) is 0 Å². The number of carbonyl (C=O) groups is 2. The van der Waals surface area contributed by atoms with E-state index in [0.717, 1.165) is 0 Å². The number of carboxylic acids is 2. The first-order valence-corrected chi connectivity index (χ1v) is 7.27. The zero-order chi connectivity index (χ0) is 18.4. The molecule has 0 aromatic heterocycles. The lowest BCUT2D eigenvalue weighted by molar-refractivity contribution is 0.0686. The summed E-state index contributed by atoms with van der Waals surface area (Å²) in [5.41, 5.74) is 0.662. The second-order valence-corrected chi connectivity index (χ2v) is 4.59. The molecule has 0 aliphatic rings. The highest BCUT2D eigenvalue weighted by molar-refractivity contribution is 5.87. The van der Waals surface area contributed by atoms with Crippen LogP contribution < -0.4 is 0 Å². The van der Waals surface area contributed by atoms with Gasteiger partial charge in [-0.25, -0.2) is 9.59 Å². The van der Waals surface area contributed by atoms with Crippen molar-refractivity contribution in [3.63, 3.8) is 0 Å². The molecule has 0 aliphatic carbocycles. The minimum atomic E-state index is -0.879. The second kappa shape index (κ2) is 12.8. The molecule has 0 spiro atoms. The predicted octanol–water partition coefficient (Wildman–Crippen LogP) is 2.52. The molecule has 0 fully saturated rings. The number of hydrogen-bond acceptors (Lipinski definition) is 4. The molecule has 2 aromatic rings. The van der Waals surface area contributed by atoms with Crippen molar-refractivity contribution in [1.82, 2.24) is 0 Å². The lowest BCUT2D eigenvalue weighted by Crippen LogP contribution is -2.08. The molecular weight excluding hydrogens is 312 g/mol. The molecule has 0 aliphatic heterocycles. The molecule has 4 N–H and O–H groups in total. The minimum Gasteiger partial charge on any atom is -0.478 e. The Morgan fingerprint density at radius 3 is 1.29 bits per heavy atom. The van der Waals surface area contributed by atoms with E-state index >= 15 is 0 Å². The van der Waals surface area contributed by atoms with Crippen LogP contribution in [0.2, 0.25) is 0 Å². The maximum atomic E-state index is 10.2. The van der Waals surface area contributed by atoms with Crippen molar-refractivity contribution in [2.45, 2.75) is 19.4 Å². The lowest BCUT2D eigenvalue weighted by atomic mass is 10.2. The van der Waals surface area contributed by atoms with E-state index in [1.165, 1.54) is 0 Å². The van der Waals surface area contributed by atoms with E-state index in [0.29, 0.717) is 17.5 Å². The summed E-state index contributed by atoms with van der Waals surface area (Å²) in [7, 11) is 0. The fourth-order valence-electron chi connectivity index (χ4n) is 1.29. The maximum absolute atomic E-state index is 10.2. The Morgan fingerprint density at radius 1 is 0.833 bits per heavy atom. The van der Waals surface area contributed by atoms with Crippen LogP contribution in [0, 0.1) is 0 Å². The van der Waals surface area contributed by atoms with Crippen LogP contribution in [0.15, 0.2) is 60.7 Å². The summed E-state index contributed by atoms with van der Waals surface area (Å²) in [5.74, 6) is -1.76. The topological polar surface area (TPSA) is 115 Å².